The van der Waals surface area contributed by atoms with Gasteiger partial charge in [-0.05, 0) is 42.1 Å². The van der Waals surface area contributed by atoms with Crippen molar-refractivity contribution in [2.45, 2.75) is 19.3 Å². The van der Waals surface area contributed by atoms with Crippen molar-refractivity contribution in [2.75, 3.05) is 6.54 Å². The van der Waals surface area contributed by atoms with Crippen LogP contribution in [0.5, 0.6) is 0 Å². The summed E-state index contributed by atoms with van der Waals surface area (Å²) in [4.78, 5) is 0. The highest BCUT2D eigenvalue weighted by Crippen LogP contribution is 2.16. The van der Waals surface area contributed by atoms with Crippen molar-refractivity contribution >= 4 is 23.2 Å². The molecule has 0 bridgehead atoms. The van der Waals surface area contributed by atoms with Gasteiger partial charge in [0.15, 0.2) is 0 Å². The molecular weight excluding hydrogens is 218 g/mol. The number of hydrogen-bond acceptors (Lipinski definition) is 1. The second-order valence-electron chi connectivity index (χ2n) is 3.93. The monoisotopic (exact) mass is 235 g/mol. The molecule has 0 spiro atoms. The predicted molar refractivity (Wildman–Crippen MR) is 73.2 cm³/mol. The van der Waals surface area contributed by atoms with E-state index in [1.54, 1.807) is 0 Å². The minimum Gasteiger partial charge on any atom is -0.330 e. The Morgan fingerprint density at radius 1 is 0.875 bits per heavy atom. The first-order valence-corrected chi connectivity index (χ1v) is 5.58. The number of rotatable bonds is 4. The van der Waals surface area contributed by atoms with Crippen molar-refractivity contribution in [1.82, 2.24) is 0 Å². The molecule has 0 saturated carbocycles. The summed E-state index contributed by atoms with van der Waals surface area (Å²) >= 11 is 0. The van der Waals surface area contributed by atoms with Crippen LogP contribution in [0, 0.1) is 0 Å². The molecule has 2 heteroatoms. The lowest BCUT2D eigenvalue weighted by Gasteiger charge is -2.03. The molecule has 2 aromatic rings. The maximum absolute atomic E-state index is 5.48. The summed E-state index contributed by atoms with van der Waals surface area (Å²) < 4.78 is 0. The molecule has 16 heavy (non-hydrogen) atoms. The summed E-state index contributed by atoms with van der Waals surface area (Å²) in [5.74, 6) is 0. The zero-order valence-electron chi connectivity index (χ0n) is 9.36. The summed E-state index contributed by atoms with van der Waals surface area (Å²) in [5, 5.41) is 2.66. The highest BCUT2D eigenvalue weighted by Gasteiger charge is 1.95. The van der Waals surface area contributed by atoms with Crippen molar-refractivity contribution < 1.29 is 0 Å². The van der Waals surface area contributed by atoms with Gasteiger partial charge in [0.2, 0.25) is 0 Å². The highest BCUT2D eigenvalue weighted by atomic mass is 35.5. The van der Waals surface area contributed by atoms with Crippen LogP contribution in [0.15, 0.2) is 42.5 Å². The molecule has 1 nitrogen and oxygen atoms in total. The van der Waals surface area contributed by atoms with Crippen LogP contribution >= 0.6 is 12.4 Å². The lowest BCUT2D eigenvalue weighted by molar-refractivity contribution is 0.745. The average Bonchev–Trinajstić information content (AvgIpc) is 2.29. The summed E-state index contributed by atoms with van der Waals surface area (Å²) in [7, 11) is 0. The molecule has 0 aliphatic carbocycles. The van der Waals surface area contributed by atoms with Gasteiger partial charge in [0.25, 0.3) is 0 Å². The zero-order chi connectivity index (χ0) is 10.5. The van der Waals surface area contributed by atoms with Crippen LogP contribution in [0.1, 0.15) is 18.4 Å². The molecule has 2 rings (SSSR count). The Kier molecular flexibility index (Phi) is 5.30. The molecule has 2 aromatic carbocycles. The number of aryl methyl sites for hydroxylation is 1. The number of fused-ring (bicyclic) bond motifs is 1. The Bertz CT molecular complexity index is 439. The van der Waals surface area contributed by atoms with Crippen molar-refractivity contribution in [3.05, 3.63) is 48.0 Å². The number of hydrogen-bond donors (Lipinski definition) is 1. The first kappa shape index (κ1) is 13.0. The number of halogens is 1. The molecule has 0 heterocycles. The molecule has 86 valence electrons. The fourth-order valence-electron chi connectivity index (χ4n) is 1.87. The van der Waals surface area contributed by atoms with Crippen LogP contribution in [0.25, 0.3) is 10.8 Å². The third-order valence-corrected chi connectivity index (χ3v) is 2.73. The Hall–Kier alpha value is -1.05. The van der Waals surface area contributed by atoms with Crippen molar-refractivity contribution in [1.29, 1.82) is 0 Å². The SMILES string of the molecule is Cl.NCCCCc1ccc2ccccc2c1. The van der Waals surface area contributed by atoms with E-state index < -0.39 is 0 Å². The third kappa shape index (κ3) is 3.22. The first-order valence-electron chi connectivity index (χ1n) is 5.58. The van der Waals surface area contributed by atoms with Crippen LogP contribution in [-0.4, -0.2) is 6.54 Å². The van der Waals surface area contributed by atoms with Crippen LogP contribution < -0.4 is 5.73 Å². The van der Waals surface area contributed by atoms with Gasteiger partial charge in [0.05, 0.1) is 0 Å². The molecule has 0 aliphatic heterocycles. The summed E-state index contributed by atoms with van der Waals surface area (Å²) in [5.41, 5.74) is 6.90. The Morgan fingerprint density at radius 2 is 1.62 bits per heavy atom. The molecule has 0 atom stereocenters. The van der Waals surface area contributed by atoms with Gasteiger partial charge in [-0.3, -0.25) is 0 Å². The minimum atomic E-state index is 0. The zero-order valence-corrected chi connectivity index (χ0v) is 10.2. The second kappa shape index (κ2) is 6.51. The minimum absolute atomic E-state index is 0. The lowest BCUT2D eigenvalue weighted by Crippen LogP contribution is -1.98. The molecule has 0 unspecified atom stereocenters. The van der Waals surface area contributed by atoms with Gasteiger partial charge in [0, 0.05) is 0 Å². The van der Waals surface area contributed by atoms with E-state index in [-0.39, 0.29) is 12.4 Å². The van der Waals surface area contributed by atoms with E-state index >= 15 is 0 Å². The standard InChI is InChI=1S/C14H17N.ClH/c15-10-4-3-5-12-8-9-13-6-1-2-7-14(13)11-12;/h1-2,6-9,11H,3-5,10,15H2;1H. The van der Waals surface area contributed by atoms with E-state index in [0.29, 0.717) is 0 Å². The highest BCUT2D eigenvalue weighted by molar-refractivity contribution is 5.85. The number of unbranched alkanes of at least 4 members (excludes halogenated alkanes) is 1. The molecule has 0 fully saturated rings. The smallest absolute Gasteiger partial charge is 0.00772 e. The van der Waals surface area contributed by atoms with Crippen LogP contribution in [0.3, 0.4) is 0 Å². The van der Waals surface area contributed by atoms with Gasteiger partial charge in [-0.1, -0.05) is 42.5 Å². The van der Waals surface area contributed by atoms with Crippen molar-refractivity contribution in [3.63, 3.8) is 0 Å². The van der Waals surface area contributed by atoms with Gasteiger partial charge in [-0.25, -0.2) is 0 Å². The maximum atomic E-state index is 5.48. The summed E-state index contributed by atoms with van der Waals surface area (Å²) in [6.45, 7) is 0.799. The van der Waals surface area contributed by atoms with E-state index in [1.807, 2.05) is 0 Å². The molecular formula is C14H18ClN. The van der Waals surface area contributed by atoms with Gasteiger partial charge in [-0.2, -0.15) is 0 Å². The molecule has 0 radical (unpaired) electrons. The number of nitrogens with two attached hydrogens (primary N) is 1. The first-order chi connectivity index (χ1) is 7.40. The van der Waals surface area contributed by atoms with E-state index in [1.165, 1.54) is 22.8 Å². The fourth-order valence-corrected chi connectivity index (χ4v) is 1.87. The number of benzene rings is 2. The van der Waals surface area contributed by atoms with E-state index in [4.69, 9.17) is 5.73 Å². The van der Waals surface area contributed by atoms with E-state index in [2.05, 4.69) is 42.5 Å². The normalized spacial score (nSPS) is 10.1. The fraction of sp³-hybridized carbons (Fsp3) is 0.286. The van der Waals surface area contributed by atoms with Crippen LogP contribution in [0.2, 0.25) is 0 Å². The molecule has 0 aromatic heterocycles. The van der Waals surface area contributed by atoms with E-state index in [9.17, 15) is 0 Å². The van der Waals surface area contributed by atoms with Gasteiger partial charge < -0.3 is 5.73 Å². The molecule has 0 saturated heterocycles. The summed E-state index contributed by atoms with van der Waals surface area (Å²) in [6.07, 6.45) is 3.45. The van der Waals surface area contributed by atoms with Crippen molar-refractivity contribution in [3.8, 4) is 0 Å². The van der Waals surface area contributed by atoms with Gasteiger partial charge in [-0.15, -0.1) is 12.4 Å². The van der Waals surface area contributed by atoms with Crippen LogP contribution in [-0.2, 0) is 6.42 Å². The molecule has 2 N–H and O–H groups in total. The topological polar surface area (TPSA) is 26.0 Å². The molecule has 0 aliphatic rings. The Morgan fingerprint density at radius 3 is 2.38 bits per heavy atom. The summed E-state index contributed by atoms with van der Waals surface area (Å²) in [6, 6.07) is 15.2. The third-order valence-electron chi connectivity index (χ3n) is 2.73. The average molecular weight is 236 g/mol. The Labute approximate surface area is 103 Å². The predicted octanol–water partition coefficient (Wildman–Crippen LogP) is 3.54. The quantitative estimate of drug-likeness (QED) is 0.806. The van der Waals surface area contributed by atoms with E-state index in [0.717, 1.165) is 19.4 Å². The maximum Gasteiger partial charge on any atom is -0.00772 e. The van der Waals surface area contributed by atoms with Crippen LogP contribution in [0.4, 0.5) is 0 Å². The molecule has 0 amide bonds. The lowest BCUT2D eigenvalue weighted by atomic mass is 10.0. The van der Waals surface area contributed by atoms with Gasteiger partial charge >= 0.3 is 0 Å². The largest absolute Gasteiger partial charge is 0.330 e. The van der Waals surface area contributed by atoms with Gasteiger partial charge in [0.1, 0.15) is 0 Å². The second-order valence-corrected chi connectivity index (χ2v) is 3.93. The van der Waals surface area contributed by atoms with Crippen molar-refractivity contribution in [2.24, 2.45) is 5.73 Å². The Balaban J connectivity index is 0.00000128.